The first kappa shape index (κ1) is 31.0. The Hall–Kier alpha value is -1.40. The zero-order valence-corrected chi connectivity index (χ0v) is 26.8. The molecule has 4 aliphatic rings. The van der Waals surface area contributed by atoms with Crippen LogP contribution in [0.1, 0.15) is 124 Å². The van der Waals surface area contributed by atoms with Gasteiger partial charge < -0.3 is 14.8 Å². The van der Waals surface area contributed by atoms with Crippen molar-refractivity contribution in [2.24, 2.45) is 52.3 Å². The summed E-state index contributed by atoms with van der Waals surface area (Å²) >= 11 is 0. The Morgan fingerprint density at radius 1 is 1.07 bits per heavy atom. The number of aliphatic hydroxyl groups excluding tert-OH is 1. The van der Waals surface area contributed by atoms with Crippen LogP contribution in [0, 0.1) is 52.3 Å². The summed E-state index contributed by atoms with van der Waals surface area (Å²) in [5.41, 5.74) is 1.53. The van der Waals surface area contributed by atoms with Crippen molar-refractivity contribution in [3.05, 3.63) is 18.2 Å². The van der Waals surface area contributed by atoms with Crippen molar-refractivity contribution in [2.75, 3.05) is 0 Å². The van der Waals surface area contributed by atoms with Crippen LogP contribution in [0.2, 0.25) is 0 Å². The highest BCUT2D eigenvalue weighted by Gasteiger charge is 2.62. The van der Waals surface area contributed by atoms with Gasteiger partial charge in [0.15, 0.2) is 0 Å². The van der Waals surface area contributed by atoms with Gasteiger partial charge in [-0.15, -0.1) is 0 Å². The van der Waals surface area contributed by atoms with Crippen LogP contribution in [0.25, 0.3) is 0 Å². The molecule has 3 N–H and O–H groups in total. The summed E-state index contributed by atoms with van der Waals surface area (Å²) in [6, 6.07) is 0.225. The third kappa shape index (κ3) is 6.30. The average molecular weight is 570 g/mol. The minimum absolute atomic E-state index is 0.00117. The number of aliphatic hydroxyl groups is 1. The summed E-state index contributed by atoms with van der Waals surface area (Å²) in [7, 11) is 0. The summed E-state index contributed by atoms with van der Waals surface area (Å²) in [6.07, 6.45) is 17.6. The maximum Gasteiger partial charge on any atom is 0.305 e. The van der Waals surface area contributed by atoms with Crippen LogP contribution in [0.3, 0.4) is 0 Å². The van der Waals surface area contributed by atoms with Gasteiger partial charge in [-0.25, -0.2) is 4.98 Å². The van der Waals surface area contributed by atoms with Crippen LogP contribution in [0.5, 0.6) is 0 Å². The van der Waals surface area contributed by atoms with E-state index in [4.69, 9.17) is 4.74 Å². The molecule has 6 heteroatoms. The predicted octanol–water partition coefficient (Wildman–Crippen LogP) is 7.28. The van der Waals surface area contributed by atoms with E-state index >= 15 is 0 Å². The van der Waals surface area contributed by atoms with Gasteiger partial charge in [0.2, 0.25) is 0 Å². The van der Waals surface area contributed by atoms with Crippen LogP contribution in [-0.4, -0.2) is 39.4 Å². The molecule has 41 heavy (non-hydrogen) atoms. The third-order valence-electron chi connectivity index (χ3n) is 12.8. The molecule has 4 fully saturated rings. The van der Waals surface area contributed by atoms with E-state index in [-0.39, 0.29) is 23.5 Å². The highest BCUT2D eigenvalue weighted by molar-refractivity contribution is 5.69. The zero-order chi connectivity index (χ0) is 29.4. The molecule has 0 aliphatic heterocycles. The number of H-pyrrole nitrogens is 1. The molecule has 1 aromatic rings. The van der Waals surface area contributed by atoms with Gasteiger partial charge in [0.1, 0.15) is 12.3 Å². The minimum atomic E-state index is -0.630. The monoisotopic (exact) mass is 569 g/mol. The summed E-state index contributed by atoms with van der Waals surface area (Å²) < 4.78 is 5.94. The van der Waals surface area contributed by atoms with E-state index in [1.54, 1.807) is 6.33 Å². The Morgan fingerprint density at radius 2 is 1.83 bits per heavy atom. The first-order valence-electron chi connectivity index (χ1n) is 17.2. The van der Waals surface area contributed by atoms with Crippen LogP contribution in [-0.2, 0) is 16.0 Å². The molecule has 0 bridgehead atoms. The molecule has 4 saturated carbocycles. The largest absolute Gasteiger partial charge is 0.462 e. The second-order valence-corrected chi connectivity index (χ2v) is 15.5. The fourth-order valence-electron chi connectivity index (χ4n) is 10.8. The van der Waals surface area contributed by atoms with E-state index in [1.807, 2.05) is 13.1 Å². The molecule has 1 heterocycles. The number of imidazole rings is 1. The second-order valence-electron chi connectivity index (χ2n) is 15.5. The van der Waals surface area contributed by atoms with Gasteiger partial charge in [-0.3, -0.25) is 10.1 Å². The fourth-order valence-corrected chi connectivity index (χ4v) is 10.8. The lowest BCUT2D eigenvalue weighted by molar-refractivity contribution is -0.168. The molecule has 3 unspecified atom stereocenters. The average Bonchev–Trinajstić information content (AvgIpc) is 3.56. The topological polar surface area (TPSA) is 87.2 Å². The number of nitrogens with one attached hydrogen (secondary N) is 2. The van der Waals surface area contributed by atoms with Gasteiger partial charge >= 0.3 is 5.97 Å². The maximum absolute atomic E-state index is 12.2. The Bertz CT molecular complexity index is 997. The van der Waals surface area contributed by atoms with Crippen LogP contribution in [0.15, 0.2) is 12.5 Å². The molecular formula is C35H59N3O3. The van der Waals surface area contributed by atoms with Crippen molar-refractivity contribution in [3.63, 3.8) is 0 Å². The lowest BCUT2D eigenvalue weighted by Gasteiger charge is -2.63. The number of carbonyl (C=O) groups is 1. The molecule has 5 rings (SSSR count). The lowest BCUT2D eigenvalue weighted by atomic mass is 9.43. The van der Waals surface area contributed by atoms with E-state index in [1.165, 1.54) is 44.9 Å². The van der Waals surface area contributed by atoms with Crippen molar-refractivity contribution >= 4 is 5.97 Å². The summed E-state index contributed by atoms with van der Waals surface area (Å²) in [6.45, 7) is 14.4. The van der Waals surface area contributed by atoms with Crippen molar-refractivity contribution in [3.8, 4) is 0 Å². The van der Waals surface area contributed by atoms with Gasteiger partial charge in [-0.1, -0.05) is 60.8 Å². The number of ether oxygens (including phenoxy) is 1. The van der Waals surface area contributed by atoms with Crippen molar-refractivity contribution < 1.29 is 14.6 Å². The van der Waals surface area contributed by atoms with Gasteiger partial charge in [-0.05, 0) is 104 Å². The molecule has 1 aromatic heterocycles. The SMILES string of the molecule is CCC(=O)O[C@H]1CC[C@@]2(C)C(C1)[C@H](NC(O)Cc1c[nH]cn1)C[C@H]1[C@@H]3CC[C@H](C(C)CCCC(C)C)[C@@]3(C)CC[C@@H]12. The van der Waals surface area contributed by atoms with Gasteiger partial charge in [0.25, 0.3) is 0 Å². The quantitative estimate of drug-likeness (QED) is 0.193. The van der Waals surface area contributed by atoms with Crippen LogP contribution in [0.4, 0.5) is 0 Å². The molecular weight excluding hydrogens is 510 g/mol. The summed E-state index contributed by atoms with van der Waals surface area (Å²) in [5.74, 6) is 4.97. The Balaban J connectivity index is 1.36. The Labute approximate surface area is 249 Å². The molecule has 0 radical (unpaired) electrons. The van der Waals surface area contributed by atoms with E-state index < -0.39 is 6.23 Å². The number of nitrogens with zero attached hydrogens (tertiary/aromatic N) is 1. The summed E-state index contributed by atoms with van der Waals surface area (Å²) in [4.78, 5) is 19.6. The minimum Gasteiger partial charge on any atom is -0.462 e. The number of carbonyl (C=O) groups excluding carboxylic acids is 1. The molecule has 0 aromatic carbocycles. The van der Waals surface area contributed by atoms with Crippen molar-refractivity contribution in [1.29, 1.82) is 0 Å². The van der Waals surface area contributed by atoms with Crippen LogP contribution >= 0.6 is 0 Å². The number of hydrogen-bond donors (Lipinski definition) is 3. The normalized spacial score (nSPS) is 40.0. The molecule has 232 valence electrons. The molecule has 4 aliphatic carbocycles. The van der Waals surface area contributed by atoms with Gasteiger partial charge in [-0.2, -0.15) is 0 Å². The third-order valence-corrected chi connectivity index (χ3v) is 12.8. The number of fused-ring (bicyclic) bond motifs is 5. The van der Waals surface area contributed by atoms with E-state index in [0.717, 1.165) is 61.0 Å². The predicted molar refractivity (Wildman–Crippen MR) is 164 cm³/mol. The van der Waals surface area contributed by atoms with Crippen molar-refractivity contribution in [2.45, 2.75) is 143 Å². The standard InChI is InChI=1S/C35H59N3O3/c1-7-33(40)41-25-13-15-35(6)29-14-16-34(5)27(23(4)10-8-9-22(2)3)11-12-28(34)26(29)19-31(30(35)18-25)38-32(39)17-24-20-36-21-37-24/h20-23,25-32,38-39H,7-19H2,1-6H3,(H,36,37)/t23?,25-,26-,27+,28-,29-,30?,31+,32?,34+,35+/m0/s1. The lowest BCUT2D eigenvalue weighted by Crippen LogP contribution is -2.62. The first-order valence-corrected chi connectivity index (χ1v) is 17.2. The first-order chi connectivity index (χ1) is 19.5. The summed E-state index contributed by atoms with van der Waals surface area (Å²) in [5, 5.41) is 14.9. The molecule has 0 spiro atoms. The number of aromatic nitrogens is 2. The van der Waals surface area contributed by atoms with Crippen LogP contribution < -0.4 is 5.32 Å². The number of hydrogen-bond acceptors (Lipinski definition) is 5. The van der Waals surface area contributed by atoms with E-state index in [0.29, 0.717) is 30.1 Å². The molecule has 6 nitrogen and oxygen atoms in total. The number of esters is 1. The second kappa shape index (κ2) is 12.7. The number of rotatable bonds is 11. The van der Waals surface area contributed by atoms with E-state index in [2.05, 4.69) is 49.9 Å². The van der Waals surface area contributed by atoms with E-state index in [9.17, 15) is 9.90 Å². The fraction of sp³-hybridized carbons (Fsp3) is 0.886. The maximum atomic E-state index is 12.2. The molecule has 0 saturated heterocycles. The van der Waals surface area contributed by atoms with Crippen molar-refractivity contribution in [1.82, 2.24) is 15.3 Å². The Morgan fingerprint density at radius 3 is 2.54 bits per heavy atom. The molecule has 11 atom stereocenters. The molecule has 0 amide bonds. The zero-order valence-electron chi connectivity index (χ0n) is 26.8. The smallest absolute Gasteiger partial charge is 0.305 e. The highest BCUT2D eigenvalue weighted by Crippen LogP contribution is 2.68. The van der Waals surface area contributed by atoms with Gasteiger partial charge in [0.05, 0.1) is 12.0 Å². The number of aromatic amines is 1. The van der Waals surface area contributed by atoms with Gasteiger partial charge in [0, 0.05) is 25.1 Å². The Kier molecular flexibility index (Phi) is 9.60. The highest BCUT2D eigenvalue weighted by atomic mass is 16.5.